The van der Waals surface area contributed by atoms with Crippen LogP contribution < -0.4 is 0 Å². The summed E-state index contributed by atoms with van der Waals surface area (Å²) in [5, 5.41) is 7.75. The van der Waals surface area contributed by atoms with E-state index in [4.69, 9.17) is 4.98 Å². The molecule has 34 heavy (non-hydrogen) atoms. The van der Waals surface area contributed by atoms with Crippen LogP contribution in [0.3, 0.4) is 0 Å². The highest BCUT2D eigenvalue weighted by atomic mass is 14.8. The summed E-state index contributed by atoms with van der Waals surface area (Å²) in [5.41, 5.74) is 6.15. The van der Waals surface area contributed by atoms with Crippen molar-refractivity contribution in [2.75, 3.05) is 0 Å². The predicted molar refractivity (Wildman–Crippen MR) is 142 cm³/mol. The van der Waals surface area contributed by atoms with Gasteiger partial charge in [0.1, 0.15) is 0 Å². The van der Waals surface area contributed by atoms with Gasteiger partial charge >= 0.3 is 0 Å². The molecule has 0 spiro atoms. The molecule has 158 valence electrons. The van der Waals surface area contributed by atoms with Gasteiger partial charge in [-0.25, -0.2) is 4.98 Å². The van der Waals surface area contributed by atoms with Crippen LogP contribution in [-0.4, -0.2) is 9.97 Å². The minimum Gasteiger partial charge on any atom is -0.255 e. The van der Waals surface area contributed by atoms with Gasteiger partial charge in [-0.1, -0.05) is 91.0 Å². The molecule has 0 N–H and O–H groups in total. The van der Waals surface area contributed by atoms with Gasteiger partial charge in [-0.3, -0.25) is 4.98 Å². The fourth-order valence-corrected chi connectivity index (χ4v) is 5.08. The Morgan fingerprint density at radius 2 is 1.15 bits per heavy atom. The molecule has 0 saturated heterocycles. The van der Waals surface area contributed by atoms with Crippen LogP contribution in [0.4, 0.5) is 0 Å². The van der Waals surface area contributed by atoms with E-state index in [1.807, 2.05) is 30.5 Å². The van der Waals surface area contributed by atoms with Crippen LogP contribution in [-0.2, 0) is 0 Å². The Hall–Kier alpha value is -4.56. The molecule has 0 bridgehead atoms. The Kier molecular flexibility index (Phi) is 4.18. The lowest BCUT2D eigenvalue weighted by molar-refractivity contribution is 1.25. The molecule has 2 aromatic heterocycles. The van der Waals surface area contributed by atoms with E-state index in [1.165, 1.54) is 37.9 Å². The number of nitrogens with zero attached hydrogens (tertiary/aromatic N) is 2. The molecule has 0 unspecified atom stereocenters. The molecule has 0 saturated carbocycles. The molecule has 0 radical (unpaired) electrons. The number of hydrogen-bond donors (Lipinski definition) is 0. The molecule has 0 aliphatic rings. The van der Waals surface area contributed by atoms with Crippen molar-refractivity contribution in [1.29, 1.82) is 0 Å². The smallest absolute Gasteiger partial charge is 0.0899 e. The van der Waals surface area contributed by atoms with Crippen LogP contribution in [0.1, 0.15) is 0 Å². The molecule has 2 heterocycles. The van der Waals surface area contributed by atoms with E-state index in [1.54, 1.807) is 0 Å². The molecular weight excluding hydrogens is 412 g/mol. The Morgan fingerprint density at radius 3 is 1.94 bits per heavy atom. The van der Waals surface area contributed by atoms with Crippen LogP contribution in [0.15, 0.2) is 121 Å². The summed E-state index contributed by atoms with van der Waals surface area (Å²) in [4.78, 5) is 9.58. The number of hydrogen-bond acceptors (Lipinski definition) is 2. The summed E-state index contributed by atoms with van der Waals surface area (Å²) in [5.74, 6) is 0. The normalized spacial score (nSPS) is 11.5. The molecule has 2 heteroatoms. The number of benzene rings is 5. The zero-order valence-electron chi connectivity index (χ0n) is 18.4. The highest BCUT2D eigenvalue weighted by Crippen LogP contribution is 2.40. The van der Waals surface area contributed by atoms with E-state index in [0.29, 0.717) is 0 Å². The molecule has 2 nitrogen and oxygen atoms in total. The number of pyridine rings is 2. The zero-order valence-corrected chi connectivity index (χ0v) is 18.4. The maximum absolute atomic E-state index is 5.00. The lowest BCUT2D eigenvalue weighted by atomic mass is 9.89. The first kappa shape index (κ1) is 19.0. The van der Waals surface area contributed by atoms with Gasteiger partial charge in [0.25, 0.3) is 0 Å². The fourth-order valence-electron chi connectivity index (χ4n) is 5.08. The van der Waals surface area contributed by atoms with Crippen LogP contribution in [0.5, 0.6) is 0 Å². The maximum atomic E-state index is 5.00. The van der Waals surface area contributed by atoms with Crippen LogP contribution in [0.2, 0.25) is 0 Å². The average molecular weight is 433 g/mol. The van der Waals surface area contributed by atoms with E-state index in [-0.39, 0.29) is 0 Å². The molecule has 0 fully saturated rings. The summed E-state index contributed by atoms with van der Waals surface area (Å²) in [7, 11) is 0. The molecule has 0 amide bonds. The summed E-state index contributed by atoms with van der Waals surface area (Å²) >= 11 is 0. The van der Waals surface area contributed by atoms with Gasteiger partial charge in [-0.15, -0.1) is 0 Å². The minimum absolute atomic E-state index is 0.874. The SMILES string of the molecule is c1ccc(-c2cc(-c3ccc4ccc5cccc6ccc3c4c56)cc(-c3ccccn3)n2)cc1. The zero-order chi connectivity index (χ0) is 22.5. The van der Waals surface area contributed by atoms with Crippen molar-refractivity contribution in [3.8, 4) is 33.8 Å². The molecular formula is C32H20N2. The predicted octanol–water partition coefficient (Wildman–Crippen LogP) is 8.38. The van der Waals surface area contributed by atoms with Gasteiger partial charge in [0.15, 0.2) is 0 Å². The molecule has 0 atom stereocenters. The summed E-state index contributed by atoms with van der Waals surface area (Å²) in [6.07, 6.45) is 1.82. The monoisotopic (exact) mass is 432 g/mol. The van der Waals surface area contributed by atoms with E-state index in [9.17, 15) is 0 Å². The van der Waals surface area contributed by atoms with E-state index < -0.39 is 0 Å². The van der Waals surface area contributed by atoms with E-state index in [0.717, 1.165) is 28.2 Å². The second-order valence-electron chi connectivity index (χ2n) is 8.68. The van der Waals surface area contributed by atoms with Gasteiger partial charge in [0.05, 0.1) is 17.1 Å². The largest absolute Gasteiger partial charge is 0.255 e. The quantitative estimate of drug-likeness (QED) is 0.262. The van der Waals surface area contributed by atoms with Crippen LogP contribution >= 0.6 is 0 Å². The van der Waals surface area contributed by atoms with Gasteiger partial charge in [0, 0.05) is 11.8 Å². The molecule has 7 rings (SSSR count). The Morgan fingerprint density at radius 1 is 0.441 bits per heavy atom. The van der Waals surface area contributed by atoms with Crippen molar-refractivity contribution in [3.05, 3.63) is 121 Å². The molecule has 7 aromatic rings. The molecule has 5 aromatic carbocycles. The third-order valence-electron chi connectivity index (χ3n) is 6.66. The van der Waals surface area contributed by atoms with Crippen LogP contribution in [0, 0.1) is 0 Å². The first-order valence-corrected chi connectivity index (χ1v) is 11.5. The summed E-state index contributed by atoms with van der Waals surface area (Å²) < 4.78 is 0. The third kappa shape index (κ3) is 2.96. The second kappa shape index (κ2) is 7.50. The van der Waals surface area contributed by atoms with Gasteiger partial charge < -0.3 is 0 Å². The van der Waals surface area contributed by atoms with Crippen molar-refractivity contribution >= 4 is 32.3 Å². The first-order chi connectivity index (χ1) is 16.8. The van der Waals surface area contributed by atoms with Crippen LogP contribution in [0.25, 0.3) is 66.1 Å². The van der Waals surface area contributed by atoms with E-state index >= 15 is 0 Å². The lowest BCUT2D eigenvalue weighted by Gasteiger charge is -2.15. The number of rotatable bonds is 3. The number of aromatic nitrogens is 2. The maximum Gasteiger partial charge on any atom is 0.0899 e. The molecule has 0 aliphatic carbocycles. The standard InChI is InChI=1S/C32H20N2/c1-2-7-21(8-3-1)29-19-25(20-30(34-29)28-11-4-5-18-33-28)26-16-14-24-13-12-22-9-6-10-23-15-17-27(26)32(24)31(22)23/h1-20H. The topological polar surface area (TPSA) is 25.8 Å². The third-order valence-corrected chi connectivity index (χ3v) is 6.66. The fraction of sp³-hybridized carbons (Fsp3) is 0. The average Bonchev–Trinajstić information content (AvgIpc) is 2.92. The second-order valence-corrected chi connectivity index (χ2v) is 8.68. The van der Waals surface area contributed by atoms with Gasteiger partial charge in [-0.05, 0) is 67.7 Å². The first-order valence-electron chi connectivity index (χ1n) is 11.5. The Labute approximate surface area is 197 Å². The minimum atomic E-state index is 0.874. The van der Waals surface area contributed by atoms with E-state index in [2.05, 4.69) is 96.0 Å². The van der Waals surface area contributed by atoms with Crippen molar-refractivity contribution in [3.63, 3.8) is 0 Å². The van der Waals surface area contributed by atoms with Crippen molar-refractivity contribution < 1.29 is 0 Å². The Bertz CT molecular complexity index is 1710. The lowest BCUT2D eigenvalue weighted by Crippen LogP contribution is -1.93. The highest BCUT2D eigenvalue weighted by Gasteiger charge is 2.14. The molecule has 0 aliphatic heterocycles. The van der Waals surface area contributed by atoms with Crippen molar-refractivity contribution in [2.45, 2.75) is 0 Å². The van der Waals surface area contributed by atoms with Crippen molar-refractivity contribution in [1.82, 2.24) is 9.97 Å². The highest BCUT2D eigenvalue weighted by molar-refractivity contribution is 6.25. The summed E-state index contributed by atoms with van der Waals surface area (Å²) in [6, 6.07) is 40.7. The summed E-state index contributed by atoms with van der Waals surface area (Å²) in [6.45, 7) is 0. The van der Waals surface area contributed by atoms with Gasteiger partial charge in [-0.2, -0.15) is 0 Å². The van der Waals surface area contributed by atoms with Crippen molar-refractivity contribution in [2.24, 2.45) is 0 Å². The van der Waals surface area contributed by atoms with Gasteiger partial charge in [0.2, 0.25) is 0 Å². The Balaban J connectivity index is 1.54.